The van der Waals surface area contributed by atoms with Crippen molar-refractivity contribution in [2.24, 2.45) is 0 Å². The maximum Gasteiger partial charge on any atom is 1.00 e. The van der Waals surface area contributed by atoms with Gasteiger partial charge in [-0.15, -0.1) is 0 Å². The molecule has 1 atom stereocenters. The van der Waals surface area contributed by atoms with Gasteiger partial charge in [0, 0.05) is 0 Å². The summed E-state index contributed by atoms with van der Waals surface area (Å²) in [7, 11) is -4.73. The fourth-order valence-corrected chi connectivity index (χ4v) is 1.95. The maximum atomic E-state index is 11.4. The van der Waals surface area contributed by atoms with Crippen molar-refractivity contribution in [3.63, 3.8) is 0 Å². The third-order valence-corrected chi connectivity index (χ3v) is 3.41. The Bertz CT molecular complexity index is 439. The molecule has 0 aliphatic carbocycles. The van der Waals surface area contributed by atoms with E-state index in [2.05, 4.69) is 11.3 Å². The molecule has 0 aliphatic heterocycles. The van der Waals surface area contributed by atoms with Crippen LogP contribution in [0.15, 0.2) is 12.7 Å². The van der Waals surface area contributed by atoms with Crippen LogP contribution in [0.1, 0.15) is 34.0 Å². The average Bonchev–Trinajstić information content (AvgIpc) is 2.37. The minimum Gasteiger partial charge on any atom is -1.00 e. The molecule has 0 saturated carbocycles. The van der Waals surface area contributed by atoms with Gasteiger partial charge in [0.15, 0.2) is 5.25 Å². The Morgan fingerprint density at radius 1 is 1.33 bits per heavy atom. The topological polar surface area (TPSA) is 107 Å². The summed E-state index contributed by atoms with van der Waals surface area (Å²) in [5.41, 5.74) is 0. The van der Waals surface area contributed by atoms with Gasteiger partial charge >= 0.3 is 41.5 Å². The minimum atomic E-state index is -4.73. The van der Waals surface area contributed by atoms with Gasteiger partial charge in [0.2, 0.25) is 0 Å². The largest absolute Gasteiger partial charge is 1.00 e. The van der Waals surface area contributed by atoms with E-state index in [-0.39, 0.29) is 44.2 Å². The molecule has 1 unspecified atom stereocenters. The molecule has 0 bridgehead atoms. The first kappa shape index (κ1) is 22.9. The molecule has 0 saturated heterocycles. The predicted octanol–water partition coefficient (Wildman–Crippen LogP) is -1.79. The van der Waals surface area contributed by atoms with E-state index in [0.29, 0.717) is 6.42 Å². The Hall–Kier alpha value is -0.410. The predicted molar refractivity (Wildman–Crippen MR) is 72.7 cm³/mol. The van der Waals surface area contributed by atoms with Gasteiger partial charge in [-0.1, -0.05) is 32.4 Å². The van der Waals surface area contributed by atoms with Crippen LogP contribution in [0.4, 0.5) is 0 Å². The Labute approximate surface area is 148 Å². The summed E-state index contributed by atoms with van der Waals surface area (Å²) in [6, 6.07) is 0. The zero-order valence-corrected chi connectivity index (χ0v) is 15.2. The van der Waals surface area contributed by atoms with Crippen LogP contribution in [0.5, 0.6) is 0 Å². The molecule has 0 aromatic carbocycles. The van der Waals surface area contributed by atoms with Crippen LogP contribution >= 0.6 is 0 Å². The monoisotopic (exact) mass is 332 g/mol. The molecule has 0 amide bonds. The molecule has 0 heterocycles. The second-order valence-corrected chi connectivity index (χ2v) is 5.65. The van der Waals surface area contributed by atoms with Gasteiger partial charge in [-0.05, 0) is 6.42 Å². The number of rotatable bonds is 10. The number of hydrogen-bond acceptors (Lipinski definition) is 6. The molecule has 9 heteroatoms. The summed E-state index contributed by atoms with van der Waals surface area (Å²) in [4.78, 5) is 22.9. The smallest absolute Gasteiger partial charge is 1.00 e. The molecule has 1 N–H and O–H groups in total. The third-order valence-electron chi connectivity index (χ3n) is 2.33. The van der Waals surface area contributed by atoms with Gasteiger partial charge in [0.25, 0.3) is 10.1 Å². The van der Waals surface area contributed by atoms with Crippen molar-refractivity contribution >= 4 is 22.1 Å². The van der Waals surface area contributed by atoms with Crippen LogP contribution in [0.3, 0.4) is 0 Å². The molecule has 0 aromatic rings. The van der Waals surface area contributed by atoms with E-state index in [4.69, 9.17) is 9.29 Å². The number of carbonyl (C=O) groups is 2. The van der Waals surface area contributed by atoms with Crippen LogP contribution in [-0.4, -0.2) is 43.4 Å². The summed E-state index contributed by atoms with van der Waals surface area (Å²) in [5, 5.41) is -1.97. The summed E-state index contributed by atoms with van der Waals surface area (Å²) in [6.07, 6.45) is 2.93. The molecule has 7 nitrogen and oxygen atoms in total. The molecule has 0 aliphatic rings. The SMILES string of the molecule is C=CCOC(=O)C(CC(=O)OCCCCC)S(=O)(=O)O.[H-].[Na+]. The summed E-state index contributed by atoms with van der Waals surface area (Å²) in [6.45, 7) is 5.20. The van der Waals surface area contributed by atoms with Crippen molar-refractivity contribution in [2.75, 3.05) is 13.2 Å². The van der Waals surface area contributed by atoms with Crippen LogP contribution in [0.2, 0.25) is 0 Å². The van der Waals surface area contributed by atoms with Gasteiger partial charge in [-0.2, -0.15) is 8.42 Å². The quantitative estimate of drug-likeness (QED) is 0.166. The van der Waals surface area contributed by atoms with Crippen molar-refractivity contribution in [3.05, 3.63) is 12.7 Å². The molecule has 0 aromatic heterocycles. The molecular formula is C12H21NaO7S. The Morgan fingerprint density at radius 2 is 1.95 bits per heavy atom. The Kier molecular flexibility index (Phi) is 13.2. The number of esters is 2. The van der Waals surface area contributed by atoms with Gasteiger partial charge < -0.3 is 10.9 Å². The second-order valence-electron chi connectivity index (χ2n) is 4.05. The summed E-state index contributed by atoms with van der Waals surface area (Å²) in [5.74, 6) is -2.09. The normalized spacial score (nSPS) is 11.9. The summed E-state index contributed by atoms with van der Waals surface area (Å²) < 4.78 is 40.4. The summed E-state index contributed by atoms with van der Waals surface area (Å²) >= 11 is 0. The van der Waals surface area contributed by atoms with Crippen molar-refractivity contribution < 1.29 is 63.0 Å². The third kappa shape index (κ3) is 10.9. The molecule has 0 spiro atoms. The number of carbonyl (C=O) groups excluding carboxylic acids is 2. The molecule has 0 radical (unpaired) electrons. The van der Waals surface area contributed by atoms with Gasteiger partial charge in [0.05, 0.1) is 13.0 Å². The minimum absolute atomic E-state index is 0. The van der Waals surface area contributed by atoms with E-state index < -0.39 is 33.7 Å². The van der Waals surface area contributed by atoms with E-state index in [1.54, 1.807) is 0 Å². The number of hydrogen-bond donors (Lipinski definition) is 1. The zero-order valence-electron chi connectivity index (χ0n) is 13.4. The van der Waals surface area contributed by atoms with Crippen LogP contribution < -0.4 is 29.6 Å². The van der Waals surface area contributed by atoms with Gasteiger partial charge in [-0.3, -0.25) is 14.1 Å². The van der Waals surface area contributed by atoms with Gasteiger partial charge in [0.1, 0.15) is 6.61 Å². The average molecular weight is 332 g/mol. The fourth-order valence-electron chi connectivity index (χ4n) is 1.29. The van der Waals surface area contributed by atoms with E-state index in [1.165, 1.54) is 6.08 Å². The maximum absolute atomic E-state index is 11.4. The van der Waals surface area contributed by atoms with E-state index in [0.717, 1.165) is 12.8 Å². The Balaban J connectivity index is -0.00000180. The number of unbranched alkanes of at least 4 members (excludes halogenated alkanes) is 2. The number of ether oxygens (including phenoxy) is 2. The van der Waals surface area contributed by atoms with E-state index in [1.807, 2.05) is 6.92 Å². The van der Waals surface area contributed by atoms with Gasteiger partial charge in [-0.25, -0.2) is 0 Å². The molecule has 118 valence electrons. The first-order valence-corrected chi connectivity index (χ1v) is 7.72. The van der Waals surface area contributed by atoms with Crippen molar-refractivity contribution in [1.82, 2.24) is 0 Å². The molecular weight excluding hydrogens is 311 g/mol. The van der Waals surface area contributed by atoms with Crippen molar-refractivity contribution in [1.29, 1.82) is 0 Å². The Morgan fingerprint density at radius 3 is 2.43 bits per heavy atom. The van der Waals surface area contributed by atoms with E-state index in [9.17, 15) is 18.0 Å². The van der Waals surface area contributed by atoms with Crippen LogP contribution in [0, 0.1) is 0 Å². The first-order chi connectivity index (χ1) is 9.32. The molecule has 0 rings (SSSR count). The van der Waals surface area contributed by atoms with Crippen LogP contribution in [0.25, 0.3) is 0 Å². The van der Waals surface area contributed by atoms with Crippen molar-refractivity contribution in [3.8, 4) is 0 Å². The molecule has 0 fully saturated rings. The first-order valence-electron chi connectivity index (χ1n) is 6.22. The zero-order chi connectivity index (χ0) is 15.6. The standard InChI is InChI=1S/C12H20O7S.Na.H/c1-3-5-6-8-18-11(13)9-10(20(15,16)17)12(14)19-7-4-2;;/h4,10H,2-3,5-9H2,1H3,(H,15,16,17);;/q;+1;-1. The van der Waals surface area contributed by atoms with Crippen molar-refractivity contribution in [2.45, 2.75) is 37.9 Å². The van der Waals surface area contributed by atoms with Crippen LogP contribution in [-0.2, 0) is 29.2 Å². The second kappa shape index (κ2) is 12.2. The fraction of sp³-hybridized carbons (Fsp3) is 0.667. The van der Waals surface area contributed by atoms with E-state index >= 15 is 0 Å². The molecule has 21 heavy (non-hydrogen) atoms.